The Labute approximate surface area is 101 Å². The fourth-order valence-corrected chi connectivity index (χ4v) is 1.83. The Morgan fingerprint density at radius 2 is 1.94 bits per heavy atom. The van der Waals surface area contributed by atoms with Crippen LogP contribution in [0.4, 0.5) is 13.2 Å². The largest absolute Gasteiger partial charge is 0.496 e. The highest BCUT2D eigenvalue weighted by Gasteiger charge is 2.42. The lowest BCUT2D eigenvalue weighted by atomic mass is 9.97. The van der Waals surface area contributed by atoms with Crippen LogP contribution in [0.2, 0.25) is 0 Å². The van der Waals surface area contributed by atoms with Crippen molar-refractivity contribution in [2.24, 2.45) is 5.73 Å². The Kier molecular flexibility index (Phi) is 3.25. The van der Waals surface area contributed by atoms with Crippen LogP contribution < -0.4 is 19.9 Å². The first-order chi connectivity index (χ1) is 8.47. The summed E-state index contributed by atoms with van der Waals surface area (Å²) in [6, 6.07) is 2.65. The maximum absolute atomic E-state index is 12.9. The topological polar surface area (TPSA) is 53.7 Å². The molecule has 1 aliphatic rings. The number of fused-ring (bicyclic) bond motifs is 1. The van der Waals surface area contributed by atoms with Crippen LogP contribution in [-0.2, 0) is 0 Å². The quantitative estimate of drug-likeness (QED) is 0.906. The Balaban J connectivity index is 2.48. The van der Waals surface area contributed by atoms with E-state index in [1.54, 1.807) is 0 Å². The van der Waals surface area contributed by atoms with Crippen LogP contribution in [0.15, 0.2) is 12.1 Å². The molecule has 100 valence electrons. The number of hydrogen-bond donors (Lipinski definition) is 1. The predicted octanol–water partition coefficient (Wildman–Crippen LogP) is 2.03. The van der Waals surface area contributed by atoms with E-state index in [-0.39, 0.29) is 23.9 Å². The van der Waals surface area contributed by atoms with Crippen molar-refractivity contribution in [1.82, 2.24) is 0 Å². The second kappa shape index (κ2) is 4.56. The van der Waals surface area contributed by atoms with Crippen molar-refractivity contribution >= 4 is 0 Å². The van der Waals surface area contributed by atoms with E-state index in [9.17, 15) is 13.2 Å². The molecule has 1 heterocycles. The Morgan fingerprint density at radius 1 is 1.33 bits per heavy atom. The predicted molar refractivity (Wildman–Crippen MR) is 57.0 cm³/mol. The van der Waals surface area contributed by atoms with Crippen molar-refractivity contribution in [1.29, 1.82) is 0 Å². The molecular weight excluding hydrogens is 251 g/mol. The van der Waals surface area contributed by atoms with Gasteiger partial charge in [0.2, 0.25) is 6.79 Å². The molecule has 2 rings (SSSR count). The molecule has 0 aliphatic carbocycles. The molecule has 1 unspecified atom stereocenters. The van der Waals surface area contributed by atoms with E-state index >= 15 is 0 Å². The molecule has 2 N–H and O–H groups in total. The zero-order valence-corrected chi connectivity index (χ0v) is 9.58. The zero-order chi connectivity index (χ0) is 13.3. The highest BCUT2D eigenvalue weighted by molar-refractivity contribution is 5.53. The molecule has 1 aromatic carbocycles. The van der Waals surface area contributed by atoms with E-state index in [4.69, 9.17) is 19.9 Å². The van der Waals surface area contributed by atoms with Crippen LogP contribution in [0.3, 0.4) is 0 Å². The standard InChI is InChI=1S/C11H12F3NO3/c1-16-8-3-10-9(17-5-18-10)2-6(8)7(4-15)11(12,13)14/h2-3,7H,4-5,15H2,1H3. The number of hydrogen-bond acceptors (Lipinski definition) is 4. The molecule has 0 fully saturated rings. The highest BCUT2D eigenvalue weighted by atomic mass is 19.4. The van der Waals surface area contributed by atoms with Gasteiger partial charge in [-0.25, -0.2) is 0 Å². The van der Waals surface area contributed by atoms with E-state index in [0.717, 1.165) is 0 Å². The molecule has 0 spiro atoms. The minimum Gasteiger partial charge on any atom is -0.496 e. The third-order valence-corrected chi connectivity index (χ3v) is 2.73. The monoisotopic (exact) mass is 263 g/mol. The van der Waals surface area contributed by atoms with E-state index in [1.165, 1.54) is 19.2 Å². The third-order valence-electron chi connectivity index (χ3n) is 2.73. The number of benzene rings is 1. The van der Waals surface area contributed by atoms with Crippen molar-refractivity contribution < 1.29 is 27.4 Å². The van der Waals surface area contributed by atoms with Crippen LogP contribution in [0, 0.1) is 0 Å². The molecule has 18 heavy (non-hydrogen) atoms. The van der Waals surface area contributed by atoms with E-state index in [0.29, 0.717) is 5.75 Å². The molecule has 0 amide bonds. The van der Waals surface area contributed by atoms with Crippen molar-refractivity contribution in [3.8, 4) is 17.2 Å². The van der Waals surface area contributed by atoms with Gasteiger partial charge in [0.1, 0.15) is 5.75 Å². The van der Waals surface area contributed by atoms with Gasteiger partial charge in [0.15, 0.2) is 11.5 Å². The summed E-state index contributed by atoms with van der Waals surface area (Å²) < 4.78 is 53.7. The molecule has 0 saturated heterocycles. The van der Waals surface area contributed by atoms with Gasteiger partial charge in [0.05, 0.1) is 13.0 Å². The number of alkyl halides is 3. The summed E-state index contributed by atoms with van der Waals surface area (Å²) in [5.74, 6) is -1.06. The SMILES string of the molecule is COc1cc2c(cc1C(CN)C(F)(F)F)OCO2. The molecule has 0 saturated carbocycles. The number of halogens is 3. The lowest BCUT2D eigenvalue weighted by Crippen LogP contribution is -2.28. The summed E-state index contributed by atoms with van der Waals surface area (Å²) in [6.07, 6.45) is -4.43. The highest BCUT2D eigenvalue weighted by Crippen LogP contribution is 2.44. The van der Waals surface area contributed by atoms with Gasteiger partial charge in [-0.1, -0.05) is 0 Å². The molecular formula is C11H12F3NO3. The molecule has 1 aliphatic heterocycles. The van der Waals surface area contributed by atoms with Crippen molar-refractivity contribution in [2.45, 2.75) is 12.1 Å². The Bertz CT molecular complexity index is 448. The summed E-state index contributed by atoms with van der Waals surface area (Å²) >= 11 is 0. The number of nitrogens with two attached hydrogens (primary N) is 1. The summed E-state index contributed by atoms with van der Waals surface area (Å²) in [5, 5.41) is 0. The minimum atomic E-state index is -4.43. The summed E-state index contributed by atoms with van der Waals surface area (Å²) in [7, 11) is 1.30. The van der Waals surface area contributed by atoms with Gasteiger partial charge >= 0.3 is 6.18 Å². The Hall–Kier alpha value is -1.63. The molecule has 4 nitrogen and oxygen atoms in total. The van der Waals surface area contributed by atoms with Crippen LogP contribution >= 0.6 is 0 Å². The van der Waals surface area contributed by atoms with Gasteiger partial charge in [0.25, 0.3) is 0 Å². The average molecular weight is 263 g/mol. The fraction of sp³-hybridized carbons (Fsp3) is 0.455. The summed E-state index contributed by atoms with van der Waals surface area (Å²) in [4.78, 5) is 0. The van der Waals surface area contributed by atoms with Crippen LogP contribution in [0.1, 0.15) is 11.5 Å². The van der Waals surface area contributed by atoms with Crippen molar-refractivity contribution in [3.63, 3.8) is 0 Å². The second-order valence-electron chi connectivity index (χ2n) is 3.78. The van der Waals surface area contributed by atoms with Gasteiger partial charge in [-0.05, 0) is 6.07 Å². The van der Waals surface area contributed by atoms with Crippen LogP contribution in [0.25, 0.3) is 0 Å². The zero-order valence-electron chi connectivity index (χ0n) is 9.58. The maximum Gasteiger partial charge on any atom is 0.397 e. The first-order valence-electron chi connectivity index (χ1n) is 5.21. The van der Waals surface area contributed by atoms with Gasteiger partial charge in [-0.3, -0.25) is 0 Å². The average Bonchev–Trinajstić information content (AvgIpc) is 2.73. The third kappa shape index (κ3) is 2.17. The van der Waals surface area contributed by atoms with E-state index in [1.807, 2.05) is 0 Å². The van der Waals surface area contributed by atoms with Crippen LogP contribution in [-0.4, -0.2) is 26.6 Å². The molecule has 0 bridgehead atoms. The smallest absolute Gasteiger partial charge is 0.397 e. The number of methoxy groups -OCH3 is 1. The summed E-state index contributed by atoms with van der Waals surface area (Å²) in [5.41, 5.74) is 5.17. The van der Waals surface area contributed by atoms with Crippen molar-refractivity contribution in [2.75, 3.05) is 20.4 Å². The first kappa shape index (κ1) is 12.8. The van der Waals surface area contributed by atoms with Gasteiger partial charge in [0, 0.05) is 18.2 Å². The lowest BCUT2D eigenvalue weighted by molar-refractivity contribution is -0.148. The molecule has 7 heteroatoms. The molecule has 1 aromatic rings. The van der Waals surface area contributed by atoms with Crippen LogP contribution in [0.5, 0.6) is 17.2 Å². The number of rotatable bonds is 3. The Morgan fingerprint density at radius 3 is 2.44 bits per heavy atom. The maximum atomic E-state index is 12.9. The second-order valence-corrected chi connectivity index (χ2v) is 3.78. The first-order valence-corrected chi connectivity index (χ1v) is 5.21. The lowest BCUT2D eigenvalue weighted by Gasteiger charge is -2.21. The molecule has 1 atom stereocenters. The minimum absolute atomic E-state index is 0.0126. The van der Waals surface area contributed by atoms with Gasteiger partial charge in [-0.15, -0.1) is 0 Å². The van der Waals surface area contributed by atoms with Gasteiger partial charge < -0.3 is 19.9 Å². The van der Waals surface area contributed by atoms with E-state index in [2.05, 4.69) is 0 Å². The fourth-order valence-electron chi connectivity index (χ4n) is 1.83. The summed E-state index contributed by atoms with van der Waals surface area (Å²) in [6.45, 7) is -0.569. The molecule has 0 radical (unpaired) electrons. The number of ether oxygens (including phenoxy) is 3. The van der Waals surface area contributed by atoms with Crippen molar-refractivity contribution in [3.05, 3.63) is 17.7 Å². The van der Waals surface area contributed by atoms with E-state index < -0.39 is 18.6 Å². The molecule has 0 aromatic heterocycles. The normalized spacial score (nSPS) is 15.6. The van der Waals surface area contributed by atoms with Gasteiger partial charge in [-0.2, -0.15) is 13.2 Å².